The molecule has 0 amide bonds. The van der Waals surface area contributed by atoms with Crippen molar-refractivity contribution in [1.29, 1.82) is 0 Å². The fourth-order valence-corrected chi connectivity index (χ4v) is 2.67. The van der Waals surface area contributed by atoms with Crippen LogP contribution in [0.4, 0.5) is 0 Å². The van der Waals surface area contributed by atoms with Gasteiger partial charge in [-0.3, -0.25) is 0 Å². The number of benzene rings is 2. The van der Waals surface area contributed by atoms with Gasteiger partial charge in [0.1, 0.15) is 17.0 Å². The van der Waals surface area contributed by atoms with E-state index in [1.807, 2.05) is 18.2 Å². The van der Waals surface area contributed by atoms with Gasteiger partial charge in [0.05, 0.1) is 14.2 Å². The highest BCUT2D eigenvalue weighted by Crippen LogP contribution is 2.32. The van der Waals surface area contributed by atoms with Gasteiger partial charge in [0.2, 0.25) is 0 Å². The summed E-state index contributed by atoms with van der Waals surface area (Å²) in [4.78, 5) is 4.80. The van der Waals surface area contributed by atoms with Crippen LogP contribution >= 0.6 is 0 Å². The lowest BCUT2D eigenvalue weighted by Gasteiger charge is -2.12. The molecule has 0 aliphatic rings. The zero-order valence-corrected chi connectivity index (χ0v) is 13.1. The summed E-state index contributed by atoms with van der Waals surface area (Å²) in [5, 5.41) is 1.06. The van der Waals surface area contributed by atoms with Crippen molar-refractivity contribution in [3.63, 3.8) is 0 Å². The quantitative estimate of drug-likeness (QED) is 0.724. The summed E-state index contributed by atoms with van der Waals surface area (Å²) in [6.45, 7) is 2.09. The Balaban J connectivity index is 2.11. The summed E-state index contributed by atoms with van der Waals surface area (Å²) in [5.74, 6) is 1.53. The summed E-state index contributed by atoms with van der Waals surface area (Å²) in [6, 6.07) is 16.4. The monoisotopic (exact) mass is 293 g/mol. The fourth-order valence-electron chi connectivity index (χ4n) is 2.67. The Bertz CT molecular complexity index is 797. The number of rotatable bonds is 4. The molecule has 0 saturated heterocycles. The van der Waals surface area contributed by atoms with Gasteiger partial charge in [-0.25, -0.2) is 4.98 Å². The van der Waals surface area contributed by atoms with Crippen LogP contribution in [0, 0.1) is 6.92 Å². The molecule has 0 atom stereocenters. The normalized spacial score (nSPS) is 10.7. The lowest BCUT2D eigenvalue weighted by molar-refractivity contribution is 0.397. The number of pyridine rings is 1. The van der Waals surface area contributed by atoms with Gasteiger partial charge >= 0.3 is 0 Å². The molecule has 3 nitrogen and oxygen atoms in total. The Hall–Kier alpha value is -2.55. The predicted octanol–water partition coefficient (Wildman–Crippen LogP) is 4.15. The average Bonchev–Trinajstić information content (AvgIpc) is 2.55. The van der Waals surface area contributed by atoms with Gasteiger partial charge in [-0.15, -0.1) is 0 Å². The molecule has 0 unspecified atom stereocenters. The van der Waals surface area contributed by atoms with Gasteiger partial charge in [0.15, 0.2) is 0 Å². The topological polar surface area (TPSA) is 31.4 Å². The van der Waals surface area contributed by atoms with E-state index in [2.05, 4.69) is 37.3 Å². The van der Waals surface area contributed by atoms with Crippen molar-refractivity contribution >= 4 is 10.9 Å². The Kier molecular flexibility index (Phi) is 3.96. The lowest BCUT2D eigenvalue weighted by atomic mass is 10.0. The van der Waals surface area contributed by atoms with Crippen LogP contribution < -0.4 is 9.47 Å². The molecule has 1 heterocycles. The highest BCUT2D eigenvalue weighted by Gasteiger charge is 2.11. The second-order valence-corrected chi connectivity index (χ2v) is 5.32. The number of hydrogen-bond acceptors (Lipinski definition) is 3. The molecule has 112 valence electrons. The smallest absolute Gasteiger partial charge is 0.148 e. The number of nitrogens with zero attached hydrogens (tertiary/aromatic N) is 1. The first-order valence-electron chi connectivity index (χ1n) is 7.27. The van der Waals surface area contributed by atoms with Crippen LogP contribution in [0.3, 0.4) is 0 Å². The SMILES string of the molecule is COc1cc(OC)c2nc(Cc3ccccc3)cc(C)c2c1. The number of methoxy groups -OCH3 is 2. The van der Waals surface area contributed by atoms with Crippen LogP contribution in [0.5, 0.6) is 11.5 Å². The van der Waals surface area contributed by atoms with Gasteiger partial charge in [-0.05, 0) is 30.2 Å². The van der Waals surface area contributed by atoms with Gasteiger partial charge in [-0.2, -0.15) is 0 Å². The van der Waals surface area contributed by atoms with Crippen molar-refractivity contribution in [2.24, 2.45) is 0 Å². The minimum atomic E-state index is 0.743. The van der Waals surface area contributed by atoms with E-state index >= 15 is 0 Å². The van der Waals surface area contributed by atoms with Crippen molar-refractivity contribution in [2.45, 2.75) is 13.3 Å². The van der Waals surface area contributed by atoms with Crippen LogP contribution in [0.25, 0.3) is 10.9 Å². The molecule has 0 fully saturated rings. The van der Waals surface area contributed by atoms with E-state index in [4.69, 9.17) is 14.5 Å². The predicted molar refractivity (Wildman–Crippen MR) is 88.8 cm³/mol. The molecule has 0 aliphatic carbocycles. The molecule has 0 N–H and O–H groups in total. The first-order valence-corrected chi connectivity index (χ1v) is 7.27. The molecular weight excluding hydrogens is 274 g/mol. The summed E-state index contributed by atoms with van der Waals surface area (Å²) in [7, 11) is 3.32. The van der Waals surface area contributed by atoms with E-state index in [-0.39, 0.29) is 0 Å². The molecule has 2 aromatic carbocycles. The summed E-state index contributed by atoms with van der Waals surface area (Å²) in [6.07, 6.45) is 0.812. The Morgan fingerprint density at radius 1 is 0.955 bits per heavy atom. The number of ether oxygens (including phenoxy) is 2. The lowest BCUT2D eigenvalue weighted by Crippen LogP contribution is -1.97. The third-order valence-electron chi connectivity index (χ3n) is 3.80. The molecule has 0 spiro atoms. The first kappa shape index (κ1) is 14.4. The molecule has 0 radical (unpaired) electrons. The van der Waals surface area contributed by atoms with Gasteiger partial charge < -0.3 is 9.47 Å². The zero-order valence-electron chi connectivity index (χ0n) is 13.1. The standard InChI is InChI=1S/C19H19NO2/c1-13-9-15(10-14-7-5-4-6-8-14)20-19-17(13)11-16(21-2)12-18(19)22-3/h4-9,11-12H,10H2,1-3H3. The van der Waals surface area contributed by atoms with Crippen molar-refractivity contribution in [1.82, 2.24) is 4.98 Å². The molecule has 22 heavy (non-hydrogen) atoms. The maximum atomic E-state index is 5.49. The molecule has 3 aromatic rings. The van der Waals surface area contributed by atoms with Crippen molar-refractivity contribution < 1.29 is 9.47 Å². The van der Waals surface area contributed by atoms with E-state index in [9.17, 15) is 0 Å². The fraction of sp³-hybridized carbons (Fsp3) is 0.211. The Morgan fingerprint density at radius 3 is 2.41 bits per heavy atom. The Morgan fingerprint density at radius 2 is 1.73 bits per heavy atom. The van der Waals surface area contributed by atoms with Crippen LogP contribution in [0.2, 0.25) is 0 Å². The molecular formula is C19H19NO2. The van der Waals surface area contributed by atoms with Gasteiger partial charge in [-0.1, -0.05) is 30.3 Å². The van der Waals surface area contributed by atoms with E-state index < -0.39 is 0 Å². The van der Waals surface area contributed by atoms with E-state index in [0.717, 1.165) is 34.5 Å². The van der Waals surface area contributed by atoms with Crippen LogP contribution in [0.15, 0.2) is 48.5 Å². The van der Waals surface area contributed by atoms with E-state index in [1.165, 1.54) is 11.1 Å². The first-order chi connectivity index (χ1) is 10.7. The third-order valence-corrected chi connectivity index (χ3v) is 3.80. The van der Waals surface area contributed by atoms with E-state index in [0.29, 0.717) is 0 Å². The Labute approximate surface area is 130 Å². The van der Waals surface area contributed by atoms with Crippen molar-refractivity contribution in [3.8, 4) is 11.5 Å². The van der Waals surface area contributed by atoms with Crippen LogP contribution in [-0.4, -0.2) is 19.2 Å². The molecule has 1 aromatic heterocycles. The number of aromatic nitrogens is 1. The highest BCUT2D eigenvalue weighted by molar-refractivity contribution is 5.89. The molecule has 0 bridgehead atoms. The number of aryl methyl sites for hydroxylation is 1. The molecule has 3 heteroatoms. The summed E-state index contributed by atoms with van der Waals surface area (Å²) < 4.78 is 10.8. The zero-order chi connectivity index (χ0) is 15.5. The maximum absolute atomic E-state index is 5.49. The van der Waals surface area contributed by atoms with Gasteiger partial charge in [0, 0.05) is 23.6 Å². The summed E-state index contributed by atoms with van der Waals surface area (Å²) >= 11 is 0. The largest absolute Gasteiger partial charge is 0.497 e. The van der Waals surface area contributed by atoms with Crippen LogP contribution in [0.1, 0.15) is 16.8 Å². The summed E-state index contributed by atoms with van der Waals surface area (Å²) in [5.41, 5.74) is 4.35. The minimum absolute atomic E-state index is 0.743. The molecule has 3 rings (SSSR count). The second kappa shape index (κ2) is 6.06. The van der Waals surface area contributed by atoms with Crippen molar-refractivity contribution in [3.05, 3.63) is 65.4 Å². The number of hydrogen-bond donors (Lipinski definition) is 0. The number of fused-ring (bicyclic) bond motifs is 1. The maximum Gasteiger partial charge on any atom is 0.148 e. The second-order valence-electron chi connectivity index (χ2n) is 5.32. The van der Waals surface area contributed by atoms with Crippen LogP contribution in [-0.2, 0) is 6.42 Å². The average molecular weight is 293 g/mol. The molecule has 0 aliphatic heterocycles. The van der Waals surface area contributed by atoms with Crippen molar-refractivity contribution in [2.75, 3.05) is 14.2 Å². The van der Waals surface area contributed by atoms with E-state index in [1.54, 1.807) is 14.2 Å². The highest BCUT2D eigenvalue weighted by atomic mass is 16.5. The molecule has 0 saturated carbocycles. The van der Waals surface area contributed by atoms with Gasteiger partial charge in [0.25, 0.3) is 0 Å². The minimum Gasteiger partial charge on any atom is -0.497 e. The third kappa shape index (κ3) is 2.75.